The van der Waals surface area contributed by atoms with Crippen molar-refractivity contribution in [2.45, 2.75) is 19.1 Å². The second kappa shape index (κ2) is 8.94. The lowest BCUT2D eigenvalue weighted by molar-refractivity contribution is -0.144. The Bertz CT molecular complexity index is 1280. The van der Waals surface area contributed by atoms with Gasteiger partial charge < -0.3 is 5.32 Å². The van der Waals surface area contributed by atoms with Gasteiger partial charge in [0, 0.05) is 29.7 Å². The standard InChI is InChI=1S/C21H15ClF3N7O/c1-12(18-10-26-4-5-27-18)30-19(33)14-6-13(17-3-2-15(22)9-28-17)7-16(8-14)32-11-29-20(31-32)21(23,24)25/h2-12H,1H3,(H,30,33). The van der Waals surface area contributed by atoms with E-state index in [1.807, 2.05) is 0 Å². The number of rotatable bonds is 5. The first kappa shape index (κ1) is 22.3. The number of aromatic nitrogens is 6. The predicted octanol–water partition coefficient (Wildman–Crippen LogP) is 4.28. The third kappa shape index (κ3) is 5.14. The van der Waals surface area contributed by atoms with Gasteiger partial charge in [0.2, 0.25) is 0 Å². The Labute approximate surface area is 190 Å². The Morgan fingerprint density at radius 3 is 2.55 bits per heavy atom. The molecule has 4 aromatic rings. The first-order valence-electron chi connectivity index (χ1n) is 9.54. The van der Waals surface area contributed by atoms with E-state index in [2.05, 4.69) is 30.4 Å². The maximum absolute atomic E-state index is 13.0. The molecule has 33 heavy (non-hydrogen) atoms. The minimum Gasteiger partial charge on any atom is -0.344 e. The first-order valence-corrected chi connectivity index (χ1v) is 9.91. The molecule has 0 spiro atoms. The van der Waals surface area contributed by atoms with E-state index in [1.54, 1.807) is 31.2 Å². The number of benzene rings is 1. The fourth-order valence-corrected chi connectivity index (χ4v) is 3.09. The molecule has 0 bridgehead atoms. The van der Waals surface area contributed by atoms with E-state index >= 15 is 0 Å². The fraction of sp³-hybridized carbons (Fsp3) is 0.143. The summed E-state index contributed by atoms with van der Waals surface area (Å²) in [6.07, 6.45) is 2.20. The quantitative estimate of drug-likeness (QED) is 0.464. The van der Waals surface area contributed by atoms with Crippen molar-refractivity contribution in [3.63, 3.8) is 0 Å². The molecule has 1 atom stereocenters. The molecule has 12 heteroatoms. The Hall–Kier alpha value is -3.86. The SMILES string of the molecule is CC(NC(=O)c1cc(-c2ccc(Cl)cn2)cc(-n2cnc(C(F)(F)F)n2)c1)c1cnccn1. The number of alkyl halides is 3. The van der Waals surface area contributed by atoms with E-state index in [0.717, 1.165) is 11.0 Å². The summed E-state index contributed by atoms with van der Waals surface area (Å²) in [6.45, 7) is 1.74. The van der Waals surface area contributed by atoms with Crippen LogP contribution in [0.25, 0.3) is 16.9 Å². The maximum Gasteiger partial charge on any atom is 0.453 e. The number of hydrogen-bond donors (Lipinski definition) is 1. The zero-order valence-electron chi connectivity index (χ0n) is 17.0. The van der Waals surface area contributed by atoms with E-state index in [1.165, 1.54) is 30.9 Å². The van der Waals surface area contributed by atoms with Gasteiger partial charge >= 0.3 is 6.18 Å². The van der Waals surface area contributed by atoms with Gasteiger partial charge in [0.1, 0.15) is 6.33 Å². The smallest absolute Gasteiger partial charge is 0.344 e. The summed E-state index contributed by atoms with van der Waals surface area (Å²) in [5.74, 6) is -1.76. The summed E-state index contributed by atoms with van der Waals surface area (Å²) in [6, 6.07) is 7.31. The number of nitrogens with zero attached hydrogens (tertiary/aromatic N) is 6. The van der Waals surface area contributed by atoms with Crippen molar-refractivity contribution in [1.82, 2.24) is 35.0 Å². The van der Waals surface area contributed by atoms with Crippen molar-refractivity contribution >= 4 is 17.5 Å². The monoisotopic (exact) mass is 473 g/mol. The second-order valence-corrected chi connectivity index (χ2v) is 7.40. The maximum atomic E-state index is 13.0. The first-order chi connectivity index (χ1) is 15.7. The molecule has 0 saturated heterocycles. The molecule has 0 aliphatic heterocycles. The third-order valence-electron chi connectivity index (χ3n) is 4.59. The lowest BCUT2D eigenvalue weighted by Gasteiger charge is -2.14. The van der Waals surface area contributed by atoms with Gasteiger partial charge in [-0.2, -0.15) is 13.2 Å². The van der Waals surface area contributed by atoms with E-state index in [9.17, 15) is 18.0 Å². The number of halogens is 4. The highest BCUT2D eigenvalue weighted by Crippen LogP contribution is 2.28. The van der Waals surface area contributed by atoms with E-state index < -0.39 is 23.9 Å². The Morgan fingerprint density at radius 2 is 1.91 bits per heavy atom. The van der Waals surface area contributed by atoms with Crippen molar-refractivity contribution in [2.75, 3.05) is 0 Å². The van der Waals surface area contributed by atoms with Gasteiger partial charge in [-0.1, -0.05) is 11.6 Å². The molecule has 168 valence electrons. The third-order valence-corrected chi connectivity index (χ3v) is 4.81. The highest BCUT2D eigenvalue weighted by molar-refractivity contribution is 6.30. The van der Waals surface area contributed by atoms with Crippen LogP contribution < -0.4 is 5.32 Å². The average molecular weight is 474 g/mol. The molecule has 1 aromatic carbocycles. The number of amides is 1. The largest absolute Gasteiger partial charge is 0.453 e. The van der Waals surface area contributed by atoms with Crippen LogP contribution in [0.1, 0.15) is 34.8 Å². The van der Waals surface area contributed by atoms with Crippen molar-refractivity contribution < 1.29 is 18.0 Å². The topological polar surface area (TPSA) is 98.5 Å². The number of nitrogens with one attached hydrogen (secondary N) is 1. The molecule has 3 aromatic heterocycles. The second-order valence-electron chi connectivity index (χ2n) is 6.97. The lowest BCUT2D eigenvalue weighted by atomic mass is 10.0. The molecule has 1 unspecified atom stereocenters. The van der Waals surface area contributed by atoms with Crippen LogP contribution >= 0.6 is 11.6 Å². The van der Waals surface area contributed by atoms with Gasteiger partial charge in [-0.3, -0.25) is 19.7 Å². The Balaban J connectivity index is 1.73. The fourth-order valence-electron chi connectivity index (χ4n) is 2.97. The zero-order valence-corrected chi connectivity index (χ0v) is 17.7. The molecule has 1 amide bonds. The summed E-state index contributed by atoms with van der Waals surface area (Å²) in [5.41, 5.74) is 1.87. The van der Waals surface area contributed by atoms with Gasteiger partial charge in [-0.05, 0) is 37.3 Å². The molecule has 3 heterocycles. The van der Waals surface area contributed by atoms with Crippen molar-refractivity contribution in [1.29, 1.82) is 0 Å². The lowest BCUT2D eigenvalue weighted by Crippen LogP contribution is -2.27. The van der Waals surface area contributed by atoms with Crippen LogP contribution in [0.3, 0.4) is 0 Å². The summed E-state index contributed by atoms with van der Waals surface area (Å²) in [5, 5.41) is 6.71. The molecule has 8 nitrogen and oxygen atoms in total. The molecular weight excluding hydrogens is 459 g/mol. The summed E-state index contributed by atoms with van der Waals surface area (Å²) < 4.78 is 39.9. The molecule has 4 rings (SSSR count). The van der Waals surface area contributed by atoms with Gasteiger partial charge in [-0.25, -0.2) is 9.67 Å². The van der Waals surface area contributed by atoms with Crippen LogP contribution in [-0.2, 0) is 6.18 Å². The minimum absolute atomic E-state index is 0.180. The van der Waals surface area contributed by atoms with E-state index in [0.29, 0.717) is 22.0 Å². The van der Waals surface area contributed by atoms with Crippen molar-refractivity contribution in [3.8, 4) is 16.9 Å². The molecular formula is C21H15ClF3N7O. The summed E-state index contributed by atoms with van der Waals surface area (Å²) in [7, 11) is 0. The molecule has 0 fully saturated rings. The van der Waals surface area contributed by atoms with Crippen LogP contribution in [0.4, 0.5) is 13.2 Å². The van der Waals surface area contributed by atoms with Crippen LogP contribution in [0.2, 0.25) is 5.02 Å². The van der Waals surface area contributed by atoms with E-state index in [-0.39, 0.29) is 11.3 Å². The Kier molecular flexibility index (Phi) is 6.05. The minimum atomic E-state index is -4.70. The number of pyridine rings is 1. The predicted molar refractivity (Wildman–Crippen MR) is 113 cm³/mol. The Morgan fingerprint density at radius 1 is 1.09 bits per heavy atom. The molecule has 0 aliphatic rings. The normalized spacial score (nSPS) is 12.4. The number of carbonyl (C=O) groups excluding carboxylic acids is 1. The number of carbonyl (C=O) groups is 1. The van der Waals surface area contributed by atoms with Crippen molar-refractivity contribution in [2.24, 2.45) is 0 Å². The van der Waals surface area contributed by atoms with Crippen LogP contribution in [0.5, 0.6) is 0 Å². The van der Waals surface area contributed by atoms with Gasteiger partial charge in [0.05, 0.1) is 34.3 Å². The highest BCUT2D eigenvalue weighted by Gasteiger charge is 2.36. The van der Waals surface area contributed by atoms with Gasteiger partial charge in [-0.15, -0.1) is 5.10 Å². The van der Waals surface area contributed by atoms with Gasteiger partial charge in [0.25, 0.3) is 11.7 Å². The van der Waals surface area contributed by atoms with Crippen LogP contribution in [0.15, 0.2) is 61.4 Å². The van der Waals surface area contributed by atoms with Crippen molar-refractivity contribution in [3.05, 3.63) is 83.6 Å². The summed E-state index contributed by atoms with van der Waals surface area (Å²) >= 11 is 5.90. The molecule has 0 aliphatic carbocycles. The zero-order chi connectivity index (χ0) is 23.6. The molecule has 0 saturated carbocycles. The average Bonchev–Trinajstić information content (AvgIpc) is 3.31. The highest BCUT2D eigenvalue weighted by atomic mass is 35.5. The van der Waals surface area contributed by atoms with Gasteiger partial charge in [0.15, 0.2) is 0 Å². The molecule has 1 N–H and O–H groups in total. The van der Waals surface area contributed by atoms with Crippen LogP contribution in [0, 0.1) is 0 Å². The molecule has 0 radical (unpaired) electrons. The van der Waals surface area contributed by atoms with Crippen LogP contribution in [-0.4, -0.2) is 35.6 Å². The summed E-state index contributed by atoms with van der Waals surface area (Å²) in [4.78, 5) is 28.7. The number of hydrogen-bond acceptors (Lipinski definition) is 6. The van der Waals surface area contributed by atoms with E-state index in [4.69, 9.17) is 11.6 Å².